The maximum atomic E-state index is 12.7. The first-order valence-electron chi connectivity index (χ1n) is 10.9. The molecule has 1 fully saturated rings. The summed E-state index contributed by atoms with van der Waals surface area (Å²) in [6.07, 6.45) is 0.347. The molecule has 0 aliphatic carbocycles. The average molecular weight is 424 g/mol. The van der Waals surface area contributed by atoms with Gasteiger partial charge in [-0.25, -0.2) is 0 Å². The number of benzene rings is 2. The number of carbonyl (C=O) groups excluding carboxylic acids is 2. The molecule has 2 aromatic rings. The molecule has 164 valence electrons. The van der Waals surface area contributed by atoms with Gasteiger partial charge in [-0.1, -0.05) is 36.4 Å². The standard InChI is InChI=1S/C24H29N3O4/c28-23(9-10-24(29)27-13-16-31-22-8-4-3-7-21(22)27)25-17-19-5-1-2-6-20(19)18-26-11-14-30-15-12-26/h1-8H,9-18H2,(H,25,28). The van der Waals surface area contributed by atoms with Gasteiger partial charge in [0.15, 0.2) is 0 Å². The highest BCUT2D eigenvalue weighted by atomic mass is 16.5. The average Bonchev–Trinajstić information content (AvgIpc) is 2.82. The van der Waals surface area contributed by atoms with Gasteiger partial charge in [-0.05, 0) is 23.3 Å². The number of hydrogen-bond donors (Lipinski definition) is 1. The van der Waals surface area contributed by atoms with Crippen LogP contribution >= 0.6 is 0 Å². The molecule has 4 rings (SSSR count). The van der Waals surface area contributed by atoms with Crippen molar-refractivity contribution in [3.05, 3.63) is 59.7 Å². The van der Waals surface area contributed by atoms with Crippen molar-refractivity contribution in [2.75, 3.05) is 44.4 Å². The van der Waals surface area contributed by atoms with E-state index in [1.807, 2.05) is 42.5 Å². The zero-order valence-electron chi connectivity index (χ0n) is 17.7. The third kappa shape index (κ3) is 5.62. The predicted octanol–water partition coefficient (Wildman–Crippen LogP) is 2.34. The van der Waals surface area contributed by atoms with Crippen molar-refractivity contribution in [3.8, 4) is 5.75 Å². The summed E-state index contributed by atoms with van der Waals surface area (Å²) in [6.45, 7) is 5.67. The Hall–Kier alpha value is -2.90. The fourth-order valence-electron chi connectivity index (χ4n) is 3.95. The number of morpholine rings is 1. The van der Waals surface area contributed by atoms with Crippen molar-refractivity contribution >= 4 is 17.5 Å². The van der Waals surface area contributed by atoms with Crippen molar-refractivity contribution in [2.24, 2.45) is 0 Å². The van der Waals surface area contributed by atoms with Crippen molar-refractivity contribution < 1.29 is 19.1 Å². The molecule has 0 bridgehead atoms. The Balaban J connectivity index is 1.27. The number of nitrogens with one attached hydrogen (secondary N) is 1. The highest BCUT2D eigenvalue weighted by molar-refractivity contribution is 5.97. The summed E-state index contributed by atoms with van der Waals surface area (Å²) < 4.78 is 11.0. The second-order valence-electron chi connectivity index (χ2n) is 7.80. The Labute approximate surface area is 182 Å². The molecule has 7 nitrogen and oxygen atoms in total. The molecule has 2 aliphatic rings. The quantitative estimate of drug-likeness (QED) is 0.740. The van der Waals surface area contributed by atoms with Gasteiger partial charge < -0.3 is 19.7 Å². The number of nitrogens with zero attached hydrogens (tertiary/aromatic N) is 2. The second-order valence-corrected chi connectivity index (χ2v) is 7.80. The first-order valence-corrected chi connectivity index (χ1v) is 10.9. The molecule has 1 N–H and O–H groups in total. The van der Waals surface area contributed by atoms with Crippen LogP contribution in [0, 0.1) is 0 Å². The van der Waals surface area contributed by atoms with Crippen molar-refractivity contribution in [1.29, 1.82) is 0 Å². The number of ether oxygens (including phenoxy) is 2. The minimum Gasteiger partial charge on any atom is -0.490 e. The van der Waals surface area contributed by atoms with Crippen LogP contribution in [0.1, 0.15) is 24.0 Å². The molecule has 0 radical (unpaired) electrons. The Kier molecular flexibility index (Phi) is 7.17. The van der Waals surface area contributed by atoms with E-state index in [0.29, 0.717) is 25.4 Å². The number of amides is 2. The Morgan fingerprint density at radius 2 is 1.61 bits per heavy atom. The number of anilines is 1. The minimum atomic E-state index is -0.115. The lowest BCUT2D eigenvalue weighted by atomic mass is 10.1. The first-order chi connectivity index (χ1) is 15.2. The van der Waals surface area contributed by atoms with Crippen LogP contribution < -0.4 is 15.0 Å². The molecule has 0 spiro atoms. The van der Waals surface area contributed by atoms with E-state index < -0.39 is 0 Å². The van der Waals surface area contributed by atoms with Crippen LogP contribution in [0.5, 0.6) is 5.75 Å². The lowest BCUT2D eigenvalue weighted by Crippen LogP contribution is -2.38. The van der Waals surface area contributed by atoms with Gasteiger partial charge in [-0.3, -0.25) is 14.5 Å². The highest BCUT2D eigenvalue weighted by Gasteiger charge is 2.23. The summed E-state index contributed by atoms with van der Waals surface area (Å²) in [4.78, 5) is 29.2. The van der Waals surface area contributed by atoms with Crippen LogP contribution in [0.25, 0.3) is 0 Å². The lowest BCUT2D eigenvalue weighted by molar-refractivity contribution is -0.125. The Bertz CT molecular complexity index is 911. The summed E-state index contributed by atoms with van der Waals surface area (Å²) in [5.41, 5.74) is 3.10. The van der Waals surface area contributed by atoms with Gasteiger partial charge in [0.2, 0.25) is 11.8 Å². The van der Waals surface area contributed by atoms with Gasteiger partial charge in [0, 0.05) is 39.0 Å². The maximum absolute atomic E-state index is 12.7. The smallest absolute Gasteiger partial charge is 0.227 e. The van der Waals surface area contributed by atoms with Gasteiger partial charge in [0.25, 0.3) is 0 Å². The molecule has 31 heavy (non-hydrogen) atoms. The fraction of sp³-hybridized carbons (Fsp3) is 0.417. The van der Waals surface area contributed by atoms with Gasteiger partial charge in [-0.15, -0.1) is 0 Å². The summed E-state index contributed by atoms with van der Waals surface area (Å²) in [5.74, 6) is 0.540. The normalized spacial score (nSPS) is 16.3. The number of carbonyl (C=O) groups is 2. The van der Waals surface area contributed by atoms with Crippen molar-refractivity contribution in [2.45, 2.75) is 25.9 Å². The van der Waals surface area contributed by atoms with E-state index in [4.69, 9.17) is 9.47 Å². The SMILES string of the molecule is O=C(CCC(=O)N1CCOc2ccccc21)NCc1ccccc1CN1CCOCC1. The summed E-state index contributed by atoms with van der Waals surface area (Å²) in [7, 11) is 0. The van der Waals surface area contributed by atoms with E-state index in [-0.39, 0.29) is 24.7 Å². The largest absolute Gasteiger partial charge is 0.490 e. The predicted molar refractivity (Wildman–Crippen MR) is 118 cm³/mol. The second kappa shape index (κ2) is 10.4. The van der Waals surface area contributed by atoms with Gasteiger partial charge >= 0.3 is 0 Å². The number of para-hydroxylation sites is 2. The third-order valence-corrected chi connectivity index (χ3v) is 5.69. The van der Waals surface area contributed by atoms with Crippen molar-refractivity contribution in [1.82, 2.24) is 10.2 Å². The topological polar surface area (TPSA) is 71.1 Å². The number of rotatable bonds is 7. The zero-order chi connectivity index (χ0) is 21.5. The molecule has 2 aromatic carbocycles. The fourth-order valence-corrected chi connectivity index (χ4v) is 3.95. The van der Waals surface area contributed by atoms with E-state index in [1.165, 1.54) is 5.56 Å². The Morgan fingerprint density at radius 1 is 0.871 bits per heavy atom. The van der Waals surface area contributed by atoms with E-state index in [2.05, 4.69) is 16.3 Å². The monoisotopic (exact) mass is 423 g/mol. The van der Waals surface area contributed by atoms with Crippen LogP contribution in [0.2, 0.25) is 0 Å². The number of hydrogen-bond acceptors (Lipinski definition) is 5. The number of fused-ring (bicyclic) bond motifs is 1. The van der Waals surface area contributed by atoms with E-state index in [1.54, 1.807) is 4.90 Å². The van der Waals surface area contributed by atoms with Gasteiger partial charge in [-0.2, -0.15) is 0 Å². The molecule has 0 unspecified atom stereocenters. The molecule has 1 saturated heterocycles. The van der Waals surface area contributed by atoms with E-state index >= 15 is 0 Å². The minimum absolute atomic E-state index is 0.0568. The van der Waals surface area contributed by atoms with Crippen LogP contribution in [0.3, 0.4) is 0 Å². The van der Waals surface area contributed by atoms with Crippen LogP contribution in [-0.2, 0) is 27.4 Å². The molecular weight excluding hydrogens is 394 g/mol. The molecule has 2 aliphatic heterocycles. The summed E-state index contributed by atoms with van der Waals surface area (Å²) in [5, 5.41) is 2.98. The highest BCUT2D eigenvalue weighted by Crippen LogP contribution is 2.31. The molecular formula is C24H29N3O4. The Morgan fingerprint density at radius 3 is 2.45 bits per heavy atom. The molecule has 0 saturated carbocycles. The molecule has 2 amide bonds. The lowest BCUT2D eigenvalue weighted by Gasteiger charge is -2.29. The third-order valence-electron chi connectivity index (χ3n) is 5.69. The summed E-state index contributed by atoms with van der Waals surface area (Å²) in [6, 6.07) is 15.7. The molecule has 0 atom stereocenters. The van der Waals surface area contributed by atoms with Crippen LogP contribution in [0.4, 0.5) is 5.69 Å². The molecule has 0 aromatic heterocycles. The van der Waals surface area contributed by atoms with Gasteiger partial charge in [0.1, 0.15) is 12.4 Å². The van der Waals surface area contributed by atoms with Crippen LogP contribution in [0.15, 0.2) is 48.5 Å². The van der Waals surface area contributed by atoms with E-state index in [0.717, 1.165) is 44.1 Å². The summed E-state index contributed by atoms with van der Waals surface area (Å²) >= 11 is 0. The maximum Gasteiger partial charge on any atom is 0.227 e. The molecule has 2 heterocycles. The first kappa shape index (κ1) is 21.3. The van der Waals surface area contributed by atoms with Crippen molar-refractivity contribution in [3.63, 3.8) is 0 Å². The zero-order valence-corrected chi connectivity index (χ0v) is 17.7. The van der Waals surface area contributed by atoms with Gasteiger partial charge in [0.05, 0.1) is 25.4 Å². The van der Waals surface area contributed by atoms with E-state index in [9.17, 15) is 9.59 Å². The van der Waals surface area contributed by atoms with Crippen LogP contribution in [-0.4, -0.2) is 56.2 Å². The molecule has 7 heteroatoms.